The normalized spacial score (nSPS) is 11.4. The SMILES string of the molecule is CC(C)(C)CNc1ncc(F)cn1. The van der Waals surface area contributed by atoms with Crippen LogP contribution in [-0.4, -0.2) is 16.5 Å². The van der Waals surface area contributed by atoms with Crippen LogP contribution in [0.3, 0.4) is 0 Å². The van der Waals surface area contributed by atoms with Gasteiger partial charge in [-0.2, -0.15) is 0 Å². The Balaban J connectivity index is 2.51. The summed E-state index contributed by atoms with van der Waals surface area (Å²) >= 11 is 0. The minimum Gasteiger partial charge on any atom is -0.354 e. The lowest BCUT2D eigenvalue weighted by Crippen LogP contribution is -2.20. The van der Waals surface area contributed by atoms with Crippen LogP contribution in [0.4, 0.5) is 10.3 Å². The van der Waals surface area contributed by atoms with Gasteiger partial charge in [-0.05, 0) is 5.41 Å². The number of anilines is 1. The zero-order valence-corrected chi connectivity index (χ0v) is 8.13. The van der Waals surface area contributed by atoms with Crippen LogP contribution in [0.1, 0.15) is 20.8 Å². The Morgan fingerprint density at radius 3 is 2.31 bits per heavy atom. The van der Waals surface area contributed by atoms with E-state index in [0.29, 0.717) is 5.95 Å². The number of aromatic nitrogens is 2. The average molecular weight is 183 g/mol. The van der Waals surface area contributed by atoms with Crippen LogP contribution < -0.4 is 5.32 Å². The third-order valence-corrected chi connectivity index (χ3v) is 1.40. The van der Waals surface area contributed by atoms with E-state index in [2.05, 4.69) is 36.1 Å². The molecule has 13 heavy (non-hydrogen) atoms. The van der Waals surface area contributed by atoms with Crippen LogP contribution >= 0.6 is 0 Å². The van der Waals surface area contributed by atoms with Gasteiger partial charge < -0.3 is 5.32 Å². The maximum absolute atomic E-state index is 12.4. The smallest absolute Gasteiger partial charge is 0.222 e. The largest absolute Gasteiger partial charge is 0.354 e. The molecule has 0 saturated heterocycles. The van der Waals surface area contributed by atoms with Gasteiger partial charge >= 0.3 is 0 Å². The van der Waals surface area contributed by atoms with Gasteiger partial charge in [-0.15, -0.1) is 0 Å². The van der Waals surface area contributed by atoms with Gasteiger partial charge in [0.25, 0.3) is 0 Å². The monoisotopic (exact) mass is 183 g/mol. The number of nitrogens with zero attached hydrogens (tertiary/aromatic N) is 2. The van der Waals surface area contributed by atoms with Gasteiger partial charge in [-0.25, -0.2) is 14.4 Å². The van der Waals surface area contributed by atoms with Crippen molar-refractivity contribution in [1.29, 1.82) is 0 Å². The van der Waals surface area contributed by atoms with Crippen LogP contribution in [0.5, 0.6) is 0 Å². The Hall–Kier alpha value is -1.19. The van der Waals surface area contributed by atoms with Crippen molar-refractivity contribution in [1.82, 2.24) is 9.97 Å². The maximum atomic E-state index is 12.4. The predicted molar refractivity (Wildman–Crippen MR) is 49.9 cm³/mol. The van der Waals surface area contributed by atoms with Gasteiger partial charge in [0.15, 0.2) is 5.82 Å². The highest BCUT2D eigenvalue weighted by molar-refractivity contribution is 5.22. The van der Waals surface area contributed by atoms with E-state index in [1.54, 1.807) is 0 Å². The lowest BCUT2D eigenvalue weighted by Gasteiger charge is -2.18. The Bertz CT molecular complexity index is 263. The summed E-state index contributed by atoms with van der Waals surface area (Å²) in [5, 5.41) is 3.02. The van der Waals surface area contributed by atoms with E-state index in [9.17, 15) is 4.39 Å². The van der Waals surface area contributed by atoms with Crippen LogP contribution in [-0.2, 0) is 0 Å². The van der Waals surface area contributed by atoms with Crippen LogP contribution in [0.2, 0.25) is 0 Å². The highest BCUT2D eigenvalue weighted by Crippen LogP contribution is 2.12. The minimum absolute atomic E-state index is 0.164. The Kier molecular flexibility index (Phi) is 2.80. The summed E-state index contributed by atoms with van der Waals surface area (Å²) < 4.78 is 12.4. The molecule has 72 valence electrons. The fourth-order valence-electron chi connectivity index (χ4n) is 0.748. The average Bonchev–Trinajstić information content (AvgIpc) is 2.02. The van der Waals surface area contributed by atoms with E-state index in [4.69, 9.17) is 0 Å². The minimum atomic E-state index is -0.415. The van der Waals surface area contributed by atoms with Crippen molar-refractivity contribution >= 4 is 5.95 Å². The summed E-state index contributed by atoms with van der Waals surface area (Å²) in [6, 6.07) is 0. The molecule has 0 atom stereocenters. The molecule has 1 N–H and O–H groups in total. The second-order valence-corrected chi connectivity index (χ2v) is 4.14. The molecular weight excluding hydrogens is 169 g/mol. The third kappa shape index (κ3) is 3.83. The lowest BCUT2D eigenvalue weighted by molar-refractivity contribution is 0.441. The molecule has 0 aromatic carbocycles. The van der Waals surface area contributed by atoms with E-state index < -0.39 is 5.82 Å². The number of rotatable bonds is 2. The fraction of sp³-hybridized carbons (Fsp3) is 0.556. The molecule has 0 radical (unpaired) electrons. The summed E-state index contributed by atoms with van der Waals surface area (Å²) in [4.78, 5) is 7.57. The number of hydrogen-bond donors (Lipinski definition) is 1. The molecular formula is C9H14FN3. The molecule has 4 heteroatoms. The second kappa shape index (κ2) is 3.68. The van der Waals surface area contributed by atoms with Crippen LogP contribution in [0, 0.1) is 11.2 Å². The molecule has 1 rings (SSSR count). The van der Waals surface area contributed by atoms with Gasteiger partial charge in [0.05, 0.1) is 12.4 Å². The van der Waals surface area contributed by atoms with E-state index >= 15 is 0 Å². The van der Waals surface area contributed by atoms with Gasteiger partial charge in [-0.1, -0.05) is 20.8 Å². The molecule has 0 unspecified atom stereocenters. The number of hydrogen-bond acceptors (Lipinski definition) is 3. The van der Waals surface area contributed by atoms with Crippen molar-refractivity contribution in [3.63, 3.8) is 0 Å². The molecule has 0 saturated carbocycles. The molecule has 0 aliphatic heterocycles. The lowest BCUT2D eigenvalue weighted by atomic mass is 9.97. The van der Waals surface area contributed by atoms with Crippen molar-refractivity contribution in [2.45, 2.75) is 20.8 Å². The van der Waals surface area contributed by atoms with E-state index in [1.165, 1.54) is 0 Å². The summed E-state index contributed by atoms with van der Waals surface area (Å²) in [6.07, 6.45) is 2.30. The van der Waals surface area contributed by atoms with Gasteiger partial charge in [-0.3, -0.25) is 0 Å². The summed E-state index contributed by atoms with van der Waals surface area (Å²) in [7, 11) is 0. The first-order chi connectivity index (χ1) is 5.97. The summed E-state index contributed by atoms with van der Waals surface area (Å²) in [5.74, 6) is 0.0534. The molecule has 1 heterocycles. The predicted octanol–water partition coefficient (Wildman–Crippen LogP) is 2.07. The number of nitrogens with one attached hydrogen (secondary N) is 1. The standard InChI is InChI=1S/C9H14FN3/c1-9(2,3)6-13-8-11-4-7(10)5-12-8/h4-5H,6H2,1-3H3,(H,11,12,13). The zero-order valence-electron chi connectivity index (χ0n) is 8.13. The molecule has 0 amide bonds. The molecule has 0 fully saturated rings. The van der Waals surface area contributed by atoms with Gasteiger partial charge in [0, 0.05) is 6.54 Å². The first-order valence-electron chi connectivity index (χ1n) is 4.19. The Morgan fingerprint density at radius 2 is 1.85 bits per heavy atom. The molecule has 0 spiro atoms. The first kappa shape index (κ1) is 9.89. The van der Waals surface area contributed by atoms with Crippen molar-refractivity contribution in [3.05, 3.63) is 18.2 Å². The van der Waals surface area contributed by atoms with Crippen molar-refractivity contribution in [2.75, 3.05) is 11.9 Å². The van der Waals surface area contributed by atoms with E-state index in [0.717, 1.165) is 18.9 Å². The molecule has 3 nitrogen and oxygen atoms in total. The highest BCUT2D eigenvalue weighted by Gasteiger charge is 2.09. The Morgan fingerprint density at radius 1 is 1.31 bits per heavy atom. The quantitative estimate of drug-likeness (QED) is 0.762. The van der Waals surface area contributed by atoms with Crippen LogP contribution in [0.15, 0.2) is 12.4 Å². The molecule has 0 aliphatic rings. The summed E-state index contributed by atoms with van der Waals surface area (Å²) in [6.45, 7) is 7.06. The van der Waals surface area contributed by atoms with Crippen molar-refractivity contribution < 1.29 is 4.39 Å². The molecule has 1 aromatic rings. The highest BCUT2D eigenvalue weighted by atomic mass is 19.1. The van der Waals surface area contributed by atoms with E-state index in [1.807, 2.05) is 0 Å². The third-order valence-electron chi connectivity index (χ3n) is 1.40. The zero-order chi connectivity index (χ0) is 9.90. The van der Waals surface area contributed by atoms with Crippen LogP contribution in [0.25, 0.3) is 0 Å². The molecule has 1 aromatic heterocycles. The Labute approximate surface area is 77.4 Å². The number of halogens is 1. The van der Waals surface area contributed by atoms with Gasteiger partial charge in [0.1, 0.15) is 0 Å². The van der Waals surface area contributed by atoms with Gasteiger partial charge in [0.2, 0.25) is 5.95 Å². The molecule has 0 aliphatic carbocycles. The first-order valence-corrected chi connectivity index (χ1v) is 4.19. The van der Waals surface area contributed by atoms with Crippen molar-refractivity contribution in [3.8, 4) is 0 Å². The second-order valence-electron chi connectivity index (χ2n) is 4.14. The topological polar surface area (TPSA) is 37.8 Å². The molecule has 0 bridgehead atoms. The van der Waals surface area contributed by atoms with Crippen molar-refractivity contribution in [2.24, 2.45) is 5.41 Å². The fourth-order valence-corrected chi connectivity index (χ4v) is 0.748. The summed E-state index contributed by atoms with van der Waals surface area (Å²) in [5.41, 5.74) is 0.164. The van der Waals surface area contributed by atoms with E-state index in [-0.39, 0.29) is 5.41 Å². The maximum Gasteiger partial charge on any atom is 0.222 e.